The highest BCUT2D eigenvalue weighted by atomic mass is 19.4. The van der Waals surface area contributed by atoms with Crippen LogP contribution >= 0.6 is 0 Å². The molecule has 100 valence electrons. The maximum atomic E-state index is 12.5. The summed E-state index contributed by atoms with van der Waals surface area (Å²) in [6.45, 7) is 3.76. The van der Waals surface area contributed by atoms with Gasteiger partial charge in [-0.15, -0.1) is 0 Å². The molecule has 0 bridgehead atoms. The van der Waals surface area contributed by atoms with Crippen molar-refractivity contribution >= 4 is 0 Å². The predicted octanol–water partition coefficient (Wildman–Crippen LogP) is 2.40. The fraction of sp³-hybridized carbons (Fsp3) is 1.00. The summed E-state index contributed by atoms with van der Waals surface area (Å²) in [6.07, 6.45) is -0.234. The number of hydrogen-bond acceptors (Lipinski definition) is 2. The summed E-state index contributed by atoms with van der Waals surface area (Å²) in [5.74, 6) is 0. The van der Waals surface area contributed by atoms with Crippen LogP contribution in [-0.4, -0.2) is 43.3 Å². The standard InChI is InChI=1S/C12H21F3N2/c1-2-11(5-6-16-7-11)8-17(10-3-4-10)9-12(13,14)15/h10,16H,2-9H2,1H3. The number of nitrogens with zero attached hydrogens (tertiary/aromatic N) is 1. The number of nitrogens with one attached hydrogen (secondary N) is 1. The Balaban J connectivity index is 1.96. The molecule has 1 saturated heterocycles. The molecule has 2 rings (SSSR count). The lowest BCUT2D eigenvalue weighted by Gasteiger charge is -2.34. The second kappa shape index (κ2) is 4.76. The van der Waals surface area contributed by atoms with Gasteiger partial charge >= 0.3 is 6.18 Å². The van der Waals surface area contributed by atoms with Crippen molar-refractivity contribution in [3.8, 4) is 0 Å². The molecule has 2 aliphatic rings. The van der Waals surface area contributed by atoms with Crippen LogP contribution in [-0.2, 0) is 0 Å². The van der Waals surface area contributed by atoms with E-state index in [0.717, 1.165) is 38.8 Å². The van der Waals surface area contributed by atoms with Gasteiger partial charge in [-0.3, -0.25) is 4.90 Å². The Hall–Kier alpha value is -0.290. The highest BCUT2D eigenvalue weighted by Gasteiger charge is 2.42. The second-order valence-corrected chi connectivity index (χ2v) is 5.53. The minimum absolute atomic E-state index is 0.0633. The van der Waals surface area contributed by atoms with E-state index in [4.69, 9.17) is 0 Å². The Morgan fingerprint density at radius 3 is 2.47 bits per heavy atom. The Bertz CT molecular complexity index is 255. The number of halogens is 3. The highest BCUT2D eigenvalue weighted by Crippen LogP contribution is 2.36. The summed E-state index contributed by atoms with van der Waals surface area (Å²) in [5.41, 5.74) is 0.0633. The lowest BCUT2D eigenvalue weighted by molar-refractivity contribution is -0.150. The van der Waals surface area contributed by atoms with Crippen LogP contribution in [0.5, 0.6) is 0 Å². The molecule has 17 heavy (non-hydrogen) atoms. The molecule has 1 saturated carbocycles. The molecular weight excluding hydrogens is 229 g/mol. The minimum atomic E-state index is -4.07. The van der Waals surface area contributed by atoms with E-state index in [1.54, 1.807) is 4.90 Å². The van der Waals surface area contributed by atoms with E-state index in [9.17, 15) is 13.2 Å². The molecule has 0 spiro atoms. The monoisotopic (exact) mass is 250 g/mol. The van der Waals surface area contributed by atoms with E-state index in [1.165, 1.54) is 0 Å². The van der Waals surface area contributed by atoms with Crippen molar-refractivity contribution in [1.29, 1.82) is 0 Å². The van der Waals surface area contributed by atoms with Gasteiger partial charge in [0.05, 0.1) is 6.54 Å². The minimum Gasteiger partial charge on any atom is -0.316 e. The summed E-state index contributed by atoms with van der Waals surface area (Å²) in [4.78, 5) is 1.66. The first-order chi connectivity index (χ1) is 7.94. The first-order valence-electron chi connectivity index (χ1n) is 6.46. The molecule has 1 N–H and O–H groups in total. The van der Waals surface area contributed by atoms with Crippen LogP contribution in [0.3, 0.4) is 0 Å². The number of rotatable bonds is 5. The Morgan fingerprint density at radius 2 is 2.06 bits per heavy atom. The van der Waals surface area contributed by atoms with E-state index < -0.39 is 12.7 Å². The zero-order valence-electron chi connectivity index (χ0n) is 10.3. The zero-order valence-corrected chi connectivity index (χ0v) is 10.3. The average Bonchev–Trinajstić information content (AvgIpc) is 2.98. The Labute approximate surface area is 101 Å². The van der Waals surface area contributed by atoms with Crippen LogP contribution in [0.4, 0.5) is 13.2 Å². The van der Waals surface area contributed by atoms with Gasteiger partial charge < -0.3 is 5.32 Å². The van der Waals surface area contributed by atoms with Crippen molar-refractivity contribution in [3.05, 3.63) is 0 Å². The fourth-order valence-corrected chi connectivity index (χ4v) is 2.76. The fourth-order valence-electron chi connectivity index (χ4n) is 2.76. The van der Waals surface area contributed by atoms with Gasteiger partial charge in [-0.2, -0.15) is 13.2 Å². The summed E-state index contributed by atoms with van der Waals surface area (Å²) in [7, 11) is 0. The lowest BCUT2D eigenvalue weighted by Crippen LogP contribution is -2.44. The molecule has 1 unspecified atom stereocenters. The maximum Gasteiger partial charge on any atom is 0.401 e. The predicted molar refractivity (Wildman–Crippen MR) is 60.9 cm³/mol. The third-order valence-electron chi connectivity index (χ3n) is 4.07. The first kappa shape index (κ1) is 13.1. The normalized spacial score (nSPS) is 30.2. The third kappa shape index (κ3) is 3.58. The van der Waals surface area contributed by atoms with Gasteiger partial charge in [0.25, 0.3) is 0 Å². The molecule has 1 aliphatic carbocycles. The first-order valence-corrected chi connectivity index (χ1v) is 6.46. The van der Waals surface area contributed by atoms with Gasteiger partial charge in [-0.05, 0) is 37.6 Å². The molecule has 5 heteroatoms. The summed E-state index contributed by atoms with van der Waals surface area (Å²) < 4.78 is 37.6. The molecule has 2 nitrogen and oxygen atoms in total. The van der Waals surface area contributed by atoms with Crippen molar-refractivity contribution in [2.45, 2.75) is 44.8 Å². The smallest absolute Gasteiger partial charge is 0.316 e. The average molecular weight is 250 g/mol. The van der Waals surface area contributed by atoms with E-state index in [1.807, 2.05) is 0 Å². The Kier molecular flexibility index (Phi) is 3.69. The van der Waals surface area contributed by atoms with Gasteiger partial charge in [-0.25, -0.2) is 0 Å². The topological polar surface area (TPSA) is 15.3 Å². The van der Waals surface area contributed by atoms with Gasteiger partial charge in [-0.1, -0.05) is 6.92 Å². The number of hydrogen-bond donors (Lipinski definition) is 1. The number of alkyl halides is 3. The molecule has 0 aromatic heterocycles. The van der Waals surface area contributed by atoms with Crippen molar-refractivity contribution in [2.24, 2.45) is 5.41 Å². The van der Waals surface area contributed by atoms with Crippen LogP contribution in [0.25, 0.3) is 0 Å². The molecule has 0 aromatic rings. The summed E-state index contributed by atoms with van der Waals surface area (Å²) >= 11 is 0. The molecule has 1 aliphatic heterocycles. The van der Waals surface area contributed by atoms with E-state index in [0.29, 0.717) is 6.54 Å². The molecule has 1 atom stereocenters. The largest absolute Gasteiger partial charge is 0.401 e. The van der Waals surface area contributed by atoms with Gasteiger partial charge in [0, 0.05) is 19.1 Å². The summed E-state index contributed by atoms with van der Waals surface area (Å²) in [5, 5.41) is 3.28. The summed E-state index contributed by atoms with van der Waals surface area (Å²) in [6, 6.07) is 0.181. The quantitative estimate of drug-likeness (QED) is 0.806. The molecular formula is C12H21F3N2. The molecule has 0 amide bonds. The van der Waals surface area contributed by atoms with Crippen LogP contribution in [0, 0.1) is 5.41 Å². The van der Waals surface area contributed by atoms with E-state index in [2.05, 4.69) is 12.2 Å². The van der Waals surface area contributed by atoms with Crippen LogP contribution in [0.15, 0.2) is 0 Å². The van der Waals surface area contributed by atoms with Crippen LogP contribution in [0.1, 0.15) is 32.6 Å². The highest BCUT2D eigenvalue weighted by molar-refractivity contribution is 4.94. The zero-order chi connectivity index (χ0) is 12.5. The Morgan fingerprint density at radius 1 is 1.35 bits per heavy atom. The molecule has 0 aromatic carbocycles. The van der Waals surface area contributed by atoms with Gasteiger partial charge in [0.1, 0.15) is 0 Å². The lowest BCUT2D eigenvalue weighted by atomic mass is 9.83. The molecule has 0 radical (unpaired) electrons. The van der Waals surface area contributed by atoms with Crippen LogP contribution < -0.4 is 5.32 Å². The van der Waals surface area contributed by atoms with Crippen LogP contribution in [0.2, 0.25) is 0 Å². The van der Waals surface area contributed by atoms with Crippen molar-refractivity contribution < 1.29 is 13.2 Å². The van der Waals surface area contributed by atoms with E-state index >= 15 is 0 Å². The molecule has 1 heterocycles. The maximum absolute atomic E-state index is 12.5. The van der Waals surface area contributed by atoms with Crippen molar-refractivity contribution in [2.75, 3.05) is 26.2 Å². The van der Waals surface area contributed by atoms with Gasteiger partial charge in [0.15, 0.2) is 0 Å². The van der Waals surface area contributed by atoms with E-state index in [-0.39, 0.29) is 11.5 Å². The SMILES string of the molecule is CCC1(CN(CC(F)(F)F)C2CC2)CCNC1. The second-order valence-electron chi connectivity index (χ2n) is 5.53. The van der Waals surface area contributed by atoms with Crippen molar-refractivity contribution in [1.82, 2.24) is 10.2 Å². The van der Waals surface area contributed by atoms with Gasteiger partial charge in [0.2, 0.25) is 0 Å². The third-order valence-corrected chi connectivity index (χ3v) is 4.07. The molecule has 2 fully saturated rings. The van der Waals surface area contributed by atoms with Crippen molar-refractivity contribution in [3.63, 3.8) is 0 Å².